The molecule has 1 aliphatic heterocycles. The van der Waals surface area contributed by atoms with Crippen molar-refractivity contribution in [2.75, 3.05) is 30.8 Å². The van der Waals surface area contributed by atoms with E-state index in [9.17, 15) is 31.1 Å². The number of hydrogen-bond donors (Lipinski definition) is 1. The molecule has 1 fully saturated rings. The number of nitrogens with zero attached hydrogens (tertiary/aromatic N) is 6. The number of phenolic OH excluding ortho intramolecular Hbond substituents is 1. The van der Waals surface area contributed by atoms with Gasteiger partial charge in [-0.15, -0.1) is 0 Å². The van der Waals surface area contributed by atoms with Crippen molar-refractivity contribution < 1.29 is 31.1 Å². The zero-order valence-electron chi connectivity index (χ0n) is 20.6. The van der Waals surface area contributed by atoms with Crippen LogP contribution in [0.5, 0.6) is 5.75 Å². The first-order chi connectivity index (χ1) is 18.8. The highest BCUT2D eigenvalue weighted by Crippen LogP contribution is 2.43. The van der Waals surface area contributed by atoms with Crippen LogP contribution in [0.4, 0.5) is 23.5 Å². The van der Waals surface area contributed by atoms with E-state index in [2.05, 4.69) is 15.1 Å². The van der Waals surface area contributed by atoms with Crippen LogP contribution in [0.15, 0.2) is 42.6 Å². The van der Waals surface area contributed by atoms with E-state index < -0.39 is 44.0 Å². The summed E-state index contributed by atoms with van der Waals surface area (Å²) in [7, 11) is -3.46. The molecule has 4 aromatic rings. The molecule has 212 valence electrons. The fourth-order valence-electron chi connectivity index (χ4n) is 4.61. The number of sulfonamides is 1. The number of aromatic nitrogens is 4. The van der Waals surface area contributed by atoms with Crippen molar-refractivity contribution >= 4 is 50.2 Å². The number of hydrogen-bond acceptors (Lipinski definition) is 7. The molecule has 0 amide bonds. The molecule has 40 heavy (non-hydrogen) atoms. The van der Waals surface area contributed by atoms with Crippen LogP contribution >= 0.6 is 23.2 Å². The summed E-state index contributed by atoms with van der Waals surface area (Å²) < 4.78 is 82.0. The lowest BCUT2D eigenvalue weighted by Gasteiger charge is -2.40. The highest BCUT2D eigenvalue weighted by Gasteiger charge is 2.37. The topological polar surface area (TPSA) is 104 Å². The van der Waals surface area contributed by atoms with Crippen LogP contribution in [-0.2, 0) is 22.6 Å². The van der Waals surface area contributed by atoms with Crippen LogP contribution in [-0.4, -0.2) is 69.5 Å². The number of rotatable bonds is 5. The van der Waals surface area contributed by atoms with Crippen molar-refractivity contribution in [2.24, 2.45) is 0 Å². The van der Waals surface area contributed by atoms with E-state index in [1.54, 1.807) is 0 Å². The monoisotopic (exact) mass is 618 g/mol. The maximum absolute atomic E-state index is 14.9. The lowest BCUT2D eigenvalue weighted by Crippen LogP contribution is -2.56. The van der Waals surface area contributed by atoms with Gasteiger partial charge in [-0.1, -0.05) is 53.5 Å². The van der Waals surface area contributed by atoms with Gasteiger partial charge in [0.1, 0.15) is 16.7 Å². The molecule has 0 aliphatic carbocycles. The second kappa shape index (κ2) is 10.3. The molecule has 1 N–H and O–H groups in total. The number of aromatic hydroxyl groups is 1. The Bertz CT molecular complexity index is 1700. The van der Waals surface area contributed by atoms with E-state index >= 15 is 0 Å². The summed E-state index contributed by atoms with van der Waals surface area (Å²) in [6, 6.07) is 9.47. The fourth-order valence-corrected chi connectivity index (χ4v) is 5.92. The van der Waals surface area contributed by atoms with Gasteiger partial charge in [0.2, 0.25) is 16.0 Å². The van der Waals surface area contributed by atoms with Crippen molar-refractivity contribution in [1.29, 1.82) is 0 Å². The number of benzene rings is 2. The molecule has 0 unspecified atom stereocenters. The zero-order valence-corrected chi connectivity index (χ0v) is 22.9. The summed E-state index contributed by atoms with van der Waals surface area (Å²) in [6.07, 6.45) is -2.17. The molecule has 2 aromatic carbocycles. The lowest BCUT2D eigenvalue weighted by molar-refractivity contribution is -0.137. The Kier molecular flexibility index (Phi) is 7.31. The van der Waals surface area contributed by atoms with Gasteiger partial charge in [-0.2, -0.15) is 22.6 Å². The van der Waals surface area contributed by atoms with Gasteiger partial charge in [0, 0.05) is 25.7 Å². The van der Waals surface area contributed by atoms with Crippen molar-refractivity contribution in [2.45, 2.75) is 18.6 Å². The van der Waals surface area contributed by atoms with E-state index in [4.69, 9.17) is 23.2 Å². The van der Waals surface area contributed by atoms with E-state index in [0.29, 0.717) is 12.5 Å². The summed E-state index contributed by atoms with van der Waals surface area (Å²) in [5.74, 6) is -2.65. The average Bonchev–Trinajstić information content (AvgIpc) is 3.22. The van der Waals surface area contributed by atoms with E-state index in [1.165, 1.54) is 10.5 Å². The first-order valence-electron chi connectivity index (χ1n) is 11.7. The summed E-state index contributed by atoms with van der Waals surface area (Å²) in [5, 5.41) is 12.5. The minimum Gasteiger partial charge on any atom is -0.504 e. The molecule has 9 nitrogen and oxygen atoms in total. The third-order valence-corrected chi connectivity index (χ3v) is 8.45. The quantitative estimate of drug-likeness (QED) is 0.324. The van der Waals surface area contributed by atoms with Crippen LogP contribution in [0.3, 0.4) is 0 Å². The van der Waals surface area contributed by atoms with Gasteiger partial charge in [-0.25, -0.2) is 27.5 Å². The van der Waals surface area contributed by atoms with Crippen molar-refractivity contribution in [3.8, 4) is 11.4 Å². The molecular formula is C24H20Cl2F4N6O3S. The van der Waals surface area contributed by atoms with Crippen LogP contribution in [0.1, 0.15) is 11.1 Å². The van der Waals surface area contributed by atoms with Gasteiger partial charge in [-0.3, -0.25) is 0 Å². The third kappa shape index (κ3) is 5.28. The van der Waals surface area contributed by atoms with Gasteiger partial charge < -0.3 is 10.0 Å². The third-order valence-electron chi connectivity index (χ3n) is 6.55. The van der Waals surface area contributed by atoms with Gasteiger partial charge in [0.25, 0.3) is 0 Å². The van der Waals surface area contributed by atoms with E-state index in [1.807, 2.05) is 35.2 Å². The first kappa shape index (κ1) is 28.3. The molecular weight excluding hydrogens is 599 g/mol. The van der Waals surface area contributed by atoms with Crippen LogP contribution < -0.4 is 4.90 Å². The van der Waals surface area contributed by atoms with Gasteiger partial charge in [0.05, 0.1) is 23.0 Å². The number of piperazine rings is 1. The number of anilines is 1. The van der Waals surface area contributed by atoms with E-state index in [-0.39, 0.29) is 47.8 Å². The summed E-state index contributed by atoms with van der Waals surface area (Å²) >= 11 is 11.8. The van der Waals surface area contributed by atoms with Gasteiger partial charge in [-0.05, 0) is 18.1 Å². The Hall–Kier alpha value is -3.20. The van der Waals surface area contributed by atoms with Crippen LogP contribution in [0, 0.1) is 5.82 Å². The number of fused-ring (bicyclic) bond motifs is 1. The largest absolute Gasteiger partial charge is 0.504 e. The SMILES string of the molecule is CS(=O)(=O)N1CCN(c2ncc3c(n2)c(Cl)nn3-c2cc(C(F)(F)F)c(Cl)c(O)c2F)[C@H](Cc2ccccc2)C1. The molecule has 2 aromatic heterocycles. The van der Waals surface area contributed by atoms with E-state index in [0.717, 1.165) is 16.5 Å². The molecule has 0 saturated carbocycles. The molecule has 1 atom stereocenters. The van der Waals surface area contributed by atoms with Crippen LogP contribution in [0.2, 0.25) is 10.2 Å². The van der Waals surface area contributed by atoms with Crippen molar-refractivity contribution in [1.82, 2.24) is 24.1 Å². The summed E-state index contributed by atoms with van der Waals surface area (Å²) in [5.41, 5.74) is -1.28. The van der Waals surface area contributed by atoms with Gasteiger partial charge in [0.15, 0.2) is 16.7 Å². The van der Waals surface area contributed by atoms with Crippen LogP contribution in [0.25, 0.3) is 16.7 Å². The van der Waals surface area contributed by atoms with Crippen molar-refractivity contribution in [3.05, 3.63) is 69.7 Å². The number of alkyl halides is 3. The molecule has 3 heterocycles. The van der Waals surface area contributed by atoms with Crippen molar-refractivity contribution in [3.63, 3.8) is 0 Å². The lowest BCUT2D eigenvalue weighted by atomic mass is 10.0. The Morgan fingerprint density at radius 2 is 1.85 bits per heavy atom. The highest BCUT2D eigenvalue weighted by atomic mass is 35.5. The summed E-state index contributed by atoms with van der Waals surface area (Å²) in [4.78, 5) is 10.6. The highest BCUT2D eigenvalue weighted by molar-refractivity contribution is 7.88. The molecule has 1 aliphatic rings. The molecule has 0 spiro atoms. The molecule has 1 saturated heterocycles. The Balaban J connectivity index is 1.57. The maximum atomic E-state index is 14.9. The minimum absolute atomic E-state index is 0.0121. The maximum Gasteiger partial charge on any atom is 0.418 e. The number of phenols is 1. The standard InChI is InChI=1S/C24H20Cl2F4N6O3S/c1-40(38,39)34-7-8-35(14(12-34)9-13-5-3-2-4-6-13)23-31-11-17-20(32-23)22(26)33-36(17)16-10-15(24(28,29)30)18(25)21(37)19(16)27/h2-6,10-11,14,37H,7-9,12H2,1H3/t14-/m1/s1. The Labute approximate surface area is 235 Å². The van der Waals surface area contributed by atoms with Gasteiger partial charge >= 0.3 is 6.18 Å². The smallest absolute Gasteiger partial charge is 0.418 e. The molecule has 0 radical (unpaired) electrons. The predicted octanol–water partition coefficient (Wildman–Crippen LogP) is 4.68. The molecule has 5 rings (SSSR count). The second-order valence-corrected chi connectivity index (χ2v) is 11.9. The molecule has 0 bridgehead atoms. The zero-order chi connectivity index (χ0) is 29.0. The average molecular weight is 619 g/mol. The second-order valence-electron chi connectivity index (χ2n) is 9.18. The Morgan fingerprint density at radius 3 is 2.50 bits per heavy atom. The Morgan fingerprint density at radius 1 is 1.15 bits per heavy atom. The first-order valence-corrected chi connectivity index (χ1v) is 14.3. The minimum atomic E-state index is -4.99. The fraction of sp³-hybridized carbons (Fsp3) is 0.292. The number of halogens is 6. The summed E-state index contributed by atoms with van der Waals surface area (Å²) in [6.45, 7) is 0.585. The predicted molar refractivity (Wildman–Crippen MR) is 141 cm³/mol. The normalized spacial score (nSPS) is 17.1. The molecule has 16 heteroatoms.